The molecule has 2 heterocycles. The number of nitrogens with one attached hydrogen (secondary N) is 1. The highest BCUT2D eigenvalue weighted by Crippen LogP contribution is 2.23. The number of aromatic nitrogens is 2. The van der Waals surface area contributed by atoms with Gasteiger partial charge in [0.15, 0.2) is 0 Å². The minimum Gasteiger partial charge on any atom is -0.351 e. The fourth-order valence-corrected chi connectivity index (χ4v) is 2.86. The Labute approximate surface area is 133 Å². The largest absolute Gasteiger partial charge is 0.351 e. The minimum atomic E-state index is -0.0984. The molecule has 112 valence electrons. The Kier molecular flexibility index (Phi) is 5.50. The molecule has 22 heavy (non-hydrogen) atoms. The molecule has 2 aromatic heterocycles. The first-order chi connectivity index (χ1) is 10.6. The van der Waals surface area contributed by atoms with E-state index >= 15 is 0 Å². The first-order valence-electron chi connectivity index (χ1n) is 6.77. The standard InChI is InChI=1S/C16H16N4OS/c1-11-6-12(2)20-16(14(11)7-17)22-10-15(21)19-9-13-4-3-5-18-8-13/h3-6,8H,9-10H2,1-2H3,(H,19,21). The second kappa shape index (κ2) is 7.57. The molecule has 2 rings (SSSR count). The molecule has 0 spiro atoms. The van der Waals surface area contributed by atoms with Gasteiger partial charge < -0.3 is 5.32 Å². The van der Waals surface area contributed by atoms with Crippen LogP contribution in [0.15, 0.2) is 35.6 Å². The molecule has 1 N–H and O–H groups in total. The van der Waals surface area contributed by atoms with Crippen LogP contribution in [-0.2, 0) is 11.3 Å². The van der Waals surface area contributed by atoms with E-state index in [-0.39, 0.29) is 11.7 Å². The second-order valence-corrected chi connectivity index (χ2v) is 5.76. The maximum Gasteiger partial charge on any atom is 0.230 e. The van der Waals surface area contributed by atoms with Crippen LogP contribution in [0.2, 0.25) is 0 Å². The van der Waals surface area contributed by atoms with Gasteiger partial charge in [0.05, 0.1) is 11.3 Å². The van der Waals surface area contributed by atoms with Crippen LogP contribution >= 0.6 is 11.8 Å². The van der Waals surface area contributed by atoms with Crippen molar-refractivity contribution < 1.29 is 4.79 Å². The summed E-state index contributed by atoms with van der Waals surface area (Å²) in [6.07, 6.45) is 3.41. The molecule has 0 bridgehead atoms. The summed E-state index contributed by atoms with van der Waals surface area (Å²) in [5, 5.41) is 12.6. The van der Waals surface area contributed by atoms with E-state index in [1.165, 1.54) is 11.8 Å². The van der Waals surface area contributed by atoms with Crippen LogP contribution < -0.4 is 5.32 Å². The van der Waals surface area contributed by atoms with Gasteiger partial charge in [0.25, 0.3) is 0 Å². The molecule has 0 aliphatic carbocycles. The van der Waals surface area contributed by atoms with E-state index in [4.69, 9.17) is 0 Å². The number of hydrogen-bond donors (Lipinski definition) is 1. The fraction of sp³-hybridized carbons (Fsp3) is 0.250. The number of aryl methyl sites for hydroxylation is 2. The summed E-state index contributed by atoms with van der Waals surface area (Å²) in [6, 6.07) is 7.75. The summed E-state index contributed by atoms with van der Waals surface area (Å²) in [4.78, 5) is 20.2. The lowest BCUT2D eigenvalue weighted by atomic mass is 10.1. The summed E-state index contributed by atoms with van der Waals surface area (Å²) in [7, 11) is 0. The summed E-state index contributed by atoms with van der Waals surface area (Å²) in [5.41, 5.74) is 3.21. The zero-order valence-corrected chi connectivity index (χ0v) is 13.3. The molecule has 0 saturated carbocycles. The van der Waals surface area contributed by atoms with E-state index in [0.29, 0.717) is 17.1 Å². The third kappa shape index (κ3) is 4.30. The predicted octanol–water partition coefficient (Wildman–Crippen LogP) is 2.37. The van der Waals surface area contributed by atoms with Gasteiger partial charge in [0.2, 0.25) is 5.91 Å². The Morgan fingerprint density at radius 3 is 2.95 bits per heavy atom. The van der Waals surface area contributed by atoms with Gasteiger partial charge in [0.1, 0.15) is 11.1 Å². The van der Waals surface area contributed by atoms with Crippen LogP contribution in [0.25, 0.3) is 0 Å². The number of carbonyl (C=O) groups is 1. The van der Waals surface area contributed by atoms with Crippen molar-refractivity contribution in [1.29, 1.82) is 5.26 Å². The molecule has 0 aliphatic heterocycles. The van der Waals surface area contributed by atoms with Crippen molar-refractivity contribution in [3.63, 3.8) is 0 Å². The van der Waals surface area contributed by atoms with Gasteiger partial charge in [-0.25, -0.2) is 4.98 Å². The van der Waals surface area contributed by atoms with Crippen molar-refractivity contribution in [2.24, 2.45) is 0 Å². The smallest absolute Gasteiger partial charge is 0.230 e. The average Bonchev–Trinajstić information content (AvgIpc) is 2.51. The van der Waals surface area contributed by atoms with E-state index < -0.39 is 0 Å². The Hall–Kier alpha value is -2.39. The molecule has 0 atom stereocenters. The van der Waals surface area contributed by atoms with Crippen molar-refractivity contribution in [1.82, 2.24) is 15.3 Å². The lowest BCUT2D eigenvalue weighted by Crippen LogP contribution is -2.24. The number of amides is 1. The third-order valence-electron chi connectivity index (χ3n) is 2.98. The van der Waals surface area contributed by atoms with E-state index in [1.54, 1.807) is 12.4 Å². The molecule has 0 aliphatic rings. The van der Waals surface area contributed by atoms with Gasteiger partial charge in [-0.3, -0.25) is 9.78 Å². The number of rotatable bonds is 5. The molecule has 6 heteroatoms. The third-order valence-corrected chi connectivity index (χ3v) is 3.95. The van der Waals surface area contributed by atoms with Crippen LogP contribution in [0.4, 0.5) is 0 Å². The van der Waals surface area contributed by atoms with Crippen molar-refractivity contribution >= 4 is 17.7 Å². The number of hydrogen-bond acceptors (Lipinski definition) is 5. The van der Waals surface area contributed by atoms with Crippen molar-refractivity contribution in [2.45, 2.75) is 25.4 Å². The minimum absolute atomic E-state index is 0.0984. The average molecular weight is 312 g/mol. The lowest BCUT2D eigenvalue weighted by Gasteiger charge is -2.08. The highest BCUT2D eigenvalue weighted by atomic mass is 32.2. The second-order valence-electron chi connectivity index (χ2n) is 4.80. The highest BCUT2D eigenvalue weighted by molar-refractivity contribution is 8.00. The maximum absolute atomic E-state index is 11.9. The first kappa shape index (κ1) is 16.0. The number of pyridine rings is 2. The Balaban J connectivity index is 1.93. The fourth-order valence-electron chi connectivity index (χ4n) is 1.93. The summed E-state index contributed by atoms with van der Waals surface area (Å²) in [6.45, 7) is 4.19. The van der Waals surface area contributed by atoms with E-state index in [2.05, 4.69) is 21.4 Å². The Morgan fingerprint density at radius 2 is 2.27 bits per heavy atom. The molecule has 2 aromatic rings. The number of nitriles is 1. The Bertz CT molecular complexity index is 710. The van der Waals surface area contributed by atoms with Crippen molar-refractivity contribution in [3.8, 4) is 6.07 Å². The monoisotopic (exact) mass is 312 g/mol. The molecule has 0 radical (unpaired) electrons. The van der Waals surface area contributed by atoms with Crippen LogP contribution in [0.3, 0.4) is 0 Å². The molecule has 0 unspecified atom stereocenters. The summed E-state index contributed by atoms with van der Waals surface area (Å²) < 4.78 is 0. The van der Waals surface area contributed by atoms with Gasteiger partial charge in [-0.1, -0.05) is 17.8 Å². The van der Waals surface area contributed by atoms with Gasteiger partial charge in [-0.15, -0.1) is 0 Å². The van der Waals surface area contributed by atoms with E-state index in [9.17, 15) is 10.1 Å². The molecular weight excluding hydrogens is 296 g/mol. The van der Waals surface area contributed by atoms with Crippen molar-refractivity contribution in [3.05, 3.63) is 53.0 Å². The van der Waals surface area contributed by atoms with Crippen LogP contribution in [-0.4, -0.2) is 21.6 Å². The van der Waals surface area contributed by atoms with E-state index in [0.717, 1.165) is 16.8 Å². The molecule has 0 fully saturated rings. The lowest BCUT2D eigenvalue weighted by molar-refractivity contribution is -0.118. The number of carbonyl (C=O) groups excluding carboxylic acids is 1. The zero-order valence-electron chi connectivity index (χ0n) is 12.5. The van der Waals surface area contributed by atoms with E-state index in [1.807, 2.05) is 32.0 Å². The summed E-state index contributed by atoms with van der Waals surface area (Å²) in [5.74, 6) is 0.129. The highest BCUT2D eigenvalue weighted by Gasteiger charge is 2.11. The first-order valence-corrected chi connectivity index (χ1v) is 7.75. The Morgan fingerprint density at radius 1 is 1.45 bits per heavy atom. The molecule has 0 aromatic carbocycles. The quantitative estimate of drug-likeness (QED) is 0.858. The van der Waals surface area contributed by atoms with Crippen LogP contribution in [0, 0.1) is 25.2 Å². The molecule has 0 saturated heterocycles. The normalized spacial score (nSPS) is 10.0. The maximum atomic E-state index is 11.9. The van der Waals surface area contributed by atoms with Crippen LogP contribution in [0.1, 0.15) is 22.4 Å². The number of nitrogens with zero attached hydrogens (tertiary/aromatic N) is 3. The van der Waals surface area contributed by atoms with Gasteiger partial charge >= 0.3 is 0 Å². The van der Waals surface area contributed by atoms with Gasteiger partial charge in [-0.2, -0.15) is 5.26 Å². The molecule has 1 amide bonds. The van der Waals surface area contributed by atoms with Gasteiger partial charge in [-0.05, 0) is 37.1 Å². The molecular formula is C16H16N4OS. The zero-order chi connectivity index (χ0) is 15.9. The topological polar surface area (TPSA) is 78.7 Å². The van der Waals surface area contributed by atoms with Crippen LogP contribution in [0.5, 0.6) is 0 Å². The number of thioether (sulfide) groups is 1. The summed E-state index contributed by atoms with van der Waals surface area (Å²) >= 11 is 1.28. The van der Waals surface area contributed by atoms with Gasteiger partial charge in [0, 0.05) is 24.6 Å². The SMILES string of the molecule is Cc1cc(C)c(C#N)c(SCC(=O)NCc2cccnc2)n1. The van der Waals surface area contributed by atoms with Crippen molar-refractivity contribution in [2.75, 3.05) is 5.75 Å². The predicted molar refractivity (Wildman–Crippen MR) is 85.2 cm³/mol. The molecule has 5 nitrogen and oxygen atoms in total.